The van der Waals surface area contributed by atoms with Crippen molar-refractivity contribution >= 4 is 21.8 Å². The van der Waals surface area contributed by atoms with Gasteiger partial charge in [-0.15, -0.1) is 0 Å². The number of nitriles is 1. The molecule has 0 bridgehead atoms. The van der Waals surface area contributed by atoms with E-state index in [-0.39, 0.29) is 0 Å². The van der Waals surface area contributed by atoms with Crippen LogP contribution in [0.3, 0.4) is 0 Å². The Kier molecular flexibility index (Phi) is 4.43. The number of carbonyl (C=O) groups is 1. The van der Waals surface area contributed by atoms with E-state index in [1.807, 2.05) is 6.07 Å². The van der Waals surface area contributed by atoms with Crippen LogP contribution in [0.1, 0.15) is 22.0 Å². The highest BCUT2D eigenvalue weighted by molar-refractivity contribution is 9.10. The second kappa shape index (κ2) is 6.26. The van der Waals surface area contributed by atoms with Crippen LogP contribution >= 0.6 is 15.9 Å². The number of methoxy groups -OCH3 is 1. The monoisotopic (exact) mass is 334 g/mol. The summed E-state index contributed by atoms with van der Waals surface area (Å²) in [4.78, 5) is 12.1. The van der Waals surface area contributed by atoms with Gasteiger partial charge in [-0.1, -0.05) is 18.2 Å². The molecule has 0 aliphatic heterocycles. The largest absolute Gasteiger partial charge is 0.496 e. The van der Waals surface area contributed by atoms with Gasteiger partial charge in [-0.05, 0) is 28.1 Å². The topological polar surface area (TPSA) is 75.3 Å². The maximum absolute atomic E-state index is 12.1. The summed E-state index contributed by atoms with van der Waals surface area (Å²) in [5.41, 5.74) is 0.936. The van der Waals surface area contributed by atoms with Crippen LogP contribution in [0, 0.1) is 11.3 Å². The molecule has 1 atom stereocenters. The zero-order valence-electron chi connectivity index (χ0n) is 10.6. The number of hydrogen-bond donors (Lipinski definition) is 1. The Morgan fingerprint density at radius 1 is 1.45 bits per heavy atom. The van der Waals surface area contributed by atoms with Gasteiger partial charge in [0.25, 0.3) is 5.91 Å². The Labute approximate surface area is 124 Å². The summed E-state index contributed by atoms with van der Waals surface area (Å²) in [6.07, 6.45) is 1.39. The van der Waals surface area contributed by atoms with Gasteiger partial charge in [0.05, 0.1) is 25.0 Å². The number of amides is 1. The lowest BCUT2D eigenvalue weighted by atomic mass is 10.1. The van der Waals surface area contributed by atoms with Crippen molar-refractivity contribution in [2.24, 2.45) is 0 Å². The Hall–Kier alpha value is -2.26. The standard InChI is InChI=1S/C14H11BrN2O3/c1-19-12-5-3-2-4-9(12)11(8-16)17-14(18)10-6-7-20-13(10)15/h2-7,11H,1H3,(H,17,18)/t11-/m1/s1. The number of hydrogen-bond acceptors (Lipinski definition) is 4. The van der Waals surface area contributed by atoms with E-state index >= 15 is 0 Å². The molecule has 1 aromatic carbocycles. The molecule has 0 fully saturated rings. The third-order valence-electron chi connectivity index (χ3n) is 2.72. The number of furan rings is 1. The van der Waals surface area contributed by atoms with Gasteiger partial charge in [0.1, 0.15) is 11.8 Å². The average Bonchev–Trinajstić information content (AvgIpc) is 2.90. The predicted octanol–water partition coefficient (Wildman–Crippen LogP) is 3.05. The Morgan fingerprint density at radius 2 is 2.20 bits per heavy atom. The maximum atomic E-state index is 12.1. The van der Waals surface area contributed by atoms with Crippen molar-refractivity contribution in [2.75, 3.05) is 7.11 Å². The van der Waals surface area contributed by atoms with E-state index in [1.165, 1.54) is 19.4 Å². The van der Waals surface area contributed by atoms with E-state index in [1.54, 1.807) is 24.3 Å². The molecule has 1 aromatic heterocycles. The summed E-state index contributed by atoms with van der Waals surface area (Å²) in [5.74, 6) is 0.147. The molecule has 6 heteroatoms. The van der Waals surface area contributed by atoms with Crippen LogP contribution in [0.2, 0.25) is 0 Å². The molecule has 2 aromatic rings. The summed E-state index contributed by atoms with van der Waals surface area (Å²) in [5, 5.41) is 11.9. The zero-order chi connectivity index (χ0) is 14.5. The quantitative estimate of drug-likeness (QED) is 0.932. The fraction of sp³-hybridized carbons (Fsp3) is 0.143. The number of nitrogens with zero attached hydrogens (tertiary/aromatic N) is 1. The number of para-hydroxylation sites is 1. The van der Waals surface area contributed by atoms with Gasteiger partial charge in [0.15, 0.2) is 4.67 Å². The molecule has 20 heavy (non-hydrogen) atoms. The van der Waals surface area contributed by atoms with Crippen LogP contribution in [0.15, 0.2) is 45.7 Å². The summed E-state index contributed by atoms with van der Waals surface area (Å²) in [6.45, 7) is 0. The van der Waals surface area contributed by atoms with Gasteiger partial charge in [-0.2, -0.15) is 5.26 Å². The number of rotatable bonds is 4. The first kappa shape index (κ1) is 14.2. The third kappa shape index (κ3) is 2.83. The molecule has 1 N–H and O–H groups in total. The molecule has 0 saturated carbocycles. The van der Waals surface area contributed by atoms with Crippen molar-refractivity contribution in [3.63, 3.8) is 0 Å². The molecule has 1 heterocycles. The number of benzene rings is 1. The molecule has 2 rings (SSSR count). The van der Waals surface area contributed by atoms with Crippen molar-refractivity contribution in [1.82, 2.24) is 5.32 Å². The van der Waals surface area contributed by atoms with Gasteiger partial charge < -0.3 is 14.5 Å². The number of halogens is 1. The van der Waals surface area contributed by atoms with Crippen LogP contribution in [-0.4, -0.2) is 13.0 Å². The molecule has 1 amide bonds. The first-order chi connectivity index (χ1) is 9.67. The lowest BCUT2D eigenvalue weighted by molar-refractivity contribution is 0.0943. The van der Waals surface area contributed by atoms with Gasteiger partial charge in [0, 0.05) is 5.56 Å². The predicted molar refractivity (Wildman–Crippen MR) is 75.2 cm³/mol. The summed E-state index contributed by atoms with van der Waals surface area (Å²) < 4.78 is 10.5. The second-order valence-corrected chi connectivity index (χ2v) is 4.61. The number of nitrogens with one attached hydrogen (secondary N) is 1. The Balaban J connectivity index is 2.24. The van der Waals surface area contributed by atoms with Gasteiger partial charge in [-0.3, -0.25) is 4.79 Å². The summed E-state index contributed by atoms with van der Waals surface area (Å²) >= 11 is 3.13. The minimum absolute atomic E-state index is 0.326. The lowest BCUT2D eigenvalue weighted by Crippen LogP contribution is -2.27. The van der Waals surface area contributed by atoms with E-state index in [0.717, 1.165) is 0 Å². The molecule has 0 unspecified atom stereocenters. The molecule has 5 nitrogen and oxygen atoms in total. The highest BCUT2D eigenvalue weighted by atomic mass is 79.9. The van der Waals surface area contributed by atoms with E-state index in [9.17, 15) is 10.1 Å². The Morgan fingerprint density at radius 3 is 2.80 bits per heavy atom. The minimum Gasteiger partial charge on any atom is -0.496 e. The molecule has 0 aliphatic carbocycles. The van der Waals surface area contributed by atoms with E-state index in [4.69, 9.17) is 9.15 Å². The zero-order valence-corrected chi connectivity index (χ0v) is 12.2. The van der Waals surface area contributed by atoms with Crippen LogP contribution in [0.5, 0.6) is 5.75 Å². The molecular weight excluding hydrogens is 324 g/mol. The van der Waals surface area contributed by atoms with Crippen molar-refractivity contribution in [3.05, 3.63) is 52.4 Å². The number of carbonyl (C=O) groups excluding carboxylic acids is 1. The third-order valence-corrected chi connectivity index (χ3v) is 3.33. The second-order valence-electron chi connectivity index (χ2n) is 3.89. The minimum atomic E-state index is -0.805. The van der Waals surface area contributed by atoms with Crippen molar-refractivity contribution < 1.29 is 13.9 Å². The first-order valence-corrected chi connectivity index (χ1v) is 6.53. The van der Waals surface area contributed by atoms with Crippen molar-refractivity contribution in [2.45, 2.75) is 6.04 Å². The van der Waals surface area contributed by atoms with E-state index in [0.29, 0.717) is 21.5 Å². The molecule has 0 aliphatic rings. The summed E-state index contributed by atoms with van der Waals surface area (Å²) in [6, 6.07) is 9.81. The lowest BCUT2D eigenvalue weighted by Gasteiger charge is -2.14. The van der Waals surface area contributed by atoms with Crippen LogP contribution in [0.4, 0.5) is 0 Å². The van der Waals surface area contributed by atoms with Gasteiger partial charge >= 0.3 is 0 Å². The molecule has 102 valence electrons. The smallest absolute Gasteiger partial charge is 0.257 e. The highest BCUT2D eigenvalue weighted by Crippen LogP contribution is 2.25. The van der Waals surface area contributed by atoms with E-state index in [2.05, 4.69) is 21.2 Å². The van der Waals surface area contributed by atoms with Crippen LogP contribution < -0.4 is 10.1 Å². The Bertz CT molecular complexity index is 660. The summed E-state index contributed by atoms with van der Waals surface area (Å²) in [7, 11) is 1.52. The van der Waals surface area contributed by atoms with Gasteiger partial charge in [-0.25, -0.2) is 0 Å². The van der Waals surface area contributed by atoms with E-state index < -0.39 is 11.9 Å². The number of ether oxygens (including phenoxy) is 1. The maximum Gasteiger partial charge on any atom is 0.257 e. The fourth-order valence-corrected chi connectivity index (χ4v) is 2.17. The highest BCUT2D eigenvalue weighted by Gasteiger charge is 2.20. The van der Waals surface area contributed by atoms with Gasteiger partial charge in [0.2, 0.25) is 0 Å². The average molecular weight is 335 g/mol. The van der Waals surface area contributed by atoms with Crippen molar-refractivity contribution in [1.29, 1.82) is 5.26 Å². The molecule has 0 saturated heterocycles. The van der Waals surface area contributed by atoms with Crippen LogP contribution in [0.25, 0.3) is 0 Å². The SMILES string of the molecule is COc1ccccc1[C@@H](C#N)NC(=O)c1ccoc1Br. The molecule has 0 spiro atoms. The molecular formula is C14H11BrN2O3. The molecule has 0 radical (unpaired) electrons. The van der Waals surface area contributed by atoms with Crippen molar-refractivity contribution in [3.8, 4) is 11.8 Å². The first-order valence-electron chi connectivity index (χ1n) is 5.73. The fourth-order valence-electron chi connectivity index (χ4n) is 1.75. The normalized spacial score (nSPS) is 11.4. The van der Waals surface area contributed by atoms with Crippen LogP contribution in [-0.2, 0) is 0 Å².